The van der Waals surface area contributed by atoms with Crippen LogP contribution in [0, 0.1) is 11.2 Å². The number of piperidine rings is 2. The Morgan fingerprint density at radius 3 is 2.81 bits per heavy atom. The number of pyridine rings is 1. The Morgan fingerprint density at radius 2 is 2.00 bits per heavy atom. The van der Waals surface area contributed by atoms with Gasteiger partial charge in [-0.15, -0.1) is 0 Å². The van der Waals surface area contributed by atoms with E-state index in [-0.39, 0.29) is 22.1 Å². The molecule has 4 heterocycles. The molecule has 174 valence electrons. The zero-order chi connectivity index (χ0) is 22.5. The molecule has 0 bridgehead atoms. The number of β-amino-alcohol motifs (C(OH)–C–C–N with tert-alkyl or cyclic N) is 1. The topological polar surface area (TPSA) is 74.6 Å². The van der Waals surface area contributed by atoms with Crippen LogP contribution in [0.1, 0.15) is 51.9 Å². The molecule has 1 saturated carbocycles. The van der Waals surface area contributed by atoms with Gasteiger partial charge in [-0.25, -0.2) is 9.37 Å². The Balaban J connectivity index is 1.50. The lowest BCUT2D eigenvalue weighted by Gasteiger charge is -2.44. The third-order valence-electron chi connectivity index (χ3n) is 7.64. The van der Waals surface area contributed by atoms with Gasteiger partial charge in [0, 0.05) is 30.7 Å². The molecular weight excluding hydrogens is 433 g/mol. The molecule has 7 nitrogen and oxygen atoms in total. The summed E-state index contributed by atoms with van der Waals surface area (Å²) in [5.41, 5.74) is -0.636. The van der Waals surface area contributed by atoms with E-state index in [1.54, 1.807) is 0 Å². The molecule has 0 aromatic carbocycles. The van der Waals surface area contributed by atoms with E-state index in [2.05, 4.69) is 21.9 Å². The summed E-state index contributed by atoms with van der Waals surface area (Å²) in [4.78, 5) is 17.5. The van der Waals surface area contributed by atoms with Crippen LogP contribution in [0.25, 0.3) is 10.9 Å². The maximum atomic E-state index is 14.9. The van der Waals surface area contributed by atoms with Crippen LogP contribution >= 0.6 is 11.6 Å². The Labute approximate surface area is 192 Å². The molecule has 3 aliphatic rings. The van der Waals surface area contributed by atoms with Crippen LogP contribution in [0.3, 0.4) is 0 Å². The Kier molecular flexibility index (Phi) is 5.66. The second kappa shape index (κ2) is 8.22. The van der Waals surface area contributed by atoms with Crippen molar-refractivity contribution in [1.29, 1.82) is 0 Å². The molecule has 9 heteroatoms. The maximum absolute atomic E-state index is 14.9. The lowest BCUT2D eigenvalue weighted by atomic mass is 9.76. The van der Waals surface area contributed by atoms with E-state index < -0.39 is 11.4 Å². The highest BCUT2D eigenvalue weighted by atomic mass is 35.5. The highest BCUT2D eigenvalue weighted by Gasteiger charge is 2.47. The van der Waals surface area contributed by atoms with Crippen molar-refractivity contribution >= 4 is 28.3 Å². The minimum atomic E-state index is -0.836. The number of anilines is 1. The summed E-state index contributed by atoms with van der Waals surface area (Å²) in [6.45, 7) is 4.57. The number of aromatic nitrogens is 3. The van der Waals surface area contributed by atoms with Crippen LogP contribution in [0.15, 0.2) is 6.20 Å². The average molecular weight is 464 g/mol. The van der Waals surface area contributed by atoms with Gasteiger partial charge in [-0.2, -0.15) is 9.97 Å². The van der Waals surface area contributed by atoms with Crippen LogP contribution in [0.4, 0.5) is 10.2 Å². The van der Waals surface area contributed by atoms with Gasteiger partial charge in [0.1, 0.15) is 11.3 Å². The van der Waals surface area contributed by atoms with Crippen molar-refractivity contribution < 1.29 is 14.2 Å². The molecule has 3 fully saturated rings. The zero-order valence-electron chi connectivity index (χ0n) is 18.8. The minimum absolute atomic E-state index is 0.0920. The van der Waals surface area contributed by atoms with E-state index >= 15 is 0 Å². The summed E-state index contributed by atoms with van der Waals surface area (Å²) in [7, 11) is 2.20. The average Bonchev–Trinajstić information content (AvgIpc) is 3.20. The largest absolute Gasteiger partial charge is 0.463 e. The number of fused-ring (bicyclic) bond motifs is 2. The van der Waals surface area contributed by atoms with Crippen molar-refractivity contribution in [2.24, 2.45) is 5.41 Å². The van der Waals surface area contributed by atoms with Gasteiger partial charge < -0.3 is 19.6 Å². The van der Waals surface area contributed by atoms with E-state index in [9.17, 15) is 9.50 Å². The van der Waals surface area contributed by atoms with E-state index in [1.165, 1.54) is 19.0 Å². The summed E-state index contributed by atoms with van der Waals surface area (Å²) >= 11 is 5.96. The van der Waals surface area contributed by atoms with Gasteiger partial charge in [-0.3, -0.25) is 0 Å². The van der Waals surface area contributed by atoms with Gasteiger partial charge in [0.05, 0.1) is 17.6 Å². The Bertz CT molecular complexity index is 1020. The third kappa shape index (κ3) is 3.90. The van der Waals surface area contributed by atoms with Crippen molar-refractivity contribution in [3.63, 3.8) is 0 Å². The lowest BCUT2D eigenvalue weighted by molar-refractivity contribution is 0.0132. The maximum Gasteiger partial charge on any atom is 0.319 e. The number of hydrogen-bond donors (Lipinski definition) is 1. The van der Waals surface area contributed by atoms with E-state index in [0.717, 1.165) is 32.2 Å². The summed E-state index contributed by atoms with van der Waals surface area (Å²) in [5.74, 6) is -0.134. The molecule has 2 saturated heterocycles. The lowest BCUT2D eigenvalue weighted by Crippen LogP contribution is -2.50. The van der Waals surface area contributed by atoms with Gasteiger partial charge in [0.25, 0.3) is 0 Å². The Hall–Kier alpha value is -1.77. The normalized spacial score (nSPS) is 31.2. The highest BCUT2D eigenvalue weighted by molar-refractivity contribution is 6.30. The summed E-state index contributed by atoms with van der Waals surface area (Å²) < 4.78 is 21.1. The van der Waals surface area contributed by atoms with Crippen LogP contribution in [0.5, 0.6) is 6.01 Å². The molecule has 0 spiro atoms. The summed E-state index contributed by atoms with van der Waals surface area (Å²) in [6.07, 6.45) is 8.82. The number of aliphatic hydroxyl groups is 1. The van der Waals surface area contributed by atoms with E-state index in [4.69, 9.17) is 21.3 Å². The molecule has 5 rings (SSSR count). The number of rotatable bonds is 4. The van der Waals surface area contributed by atoms with Crippen molar-refractivity contribution in [1.82, 2.24) is 19.9 Å². The van der Waals surface area contributed by atoms with Gasteiger partial charge in [0.15, 0.2) is 11.0 Å². The highest BCUT2D eigenvalue weighted by Crippen LogP contribution is 2.47. The fourth-order valence-electron chi connectivity index (χ4n) is 6.09. The smallest absolute Gasteiger partial charge is 0.319 e. The first-order valence-corrected chi connectivity index (χ1v) is 12.0. The van der Waals surface area contributed by atoms with Gasteiger partial charge >= 0.3 is 6.01 Å². The van der Waals surface area contributed by atoms with Crippen molar-refractivity contribution in [2.75, 3.05) is 38.2 Å². The molecule has 2 aromatic rings. The van der Waals surface area contributed by atoms with Crippen LogP contribution in [0.2, 0.25) is 5.15 Å². The monoisotopic (exact) mass is 463 g/mol. The first-order valence-electron chi connectivity index (χ1n) is 11.6. The first kappa shape index (κ1) is 22.0. The SMILES string of the molecule is CN1CCC[C@@]2(COc3nc(N4CCCC(C)(O)C4)c4cnc(Cl)c(F)c4n3)CCC[C@@H]12. The van der Waals surface area contributed by atoms with Crippen LogP contribution in [-0.2, 0) is 0 Å². The molecule has 2 aromatic heterocycles. The van der Waals surface area contributed by atoms with Gasteiger partial charge in [-0.1, -0.05) is 18.0 Å². The molecule has 1 aliphatic carbocycles. The third-order valence-corrected chi connectivity index (χ3v) is 7.90. The van der Waals surface area contributed by atoms with Crippen molar-refractivity contribution in [2.45, 2.75) is 63.5 Å². The van der Waals surface area contributed by atoms with Gasteiger partial charge in [-0.05, 0) is 59.0 Å². The second-order valence-corrected chi connectivity index (χ2v) is 10.5. The number of likely N-dealkylation sites (tertiary alicyclic amines) is 1. The minimum Gasteiger partial charge on any atom is -0.463 e. The van der Waals surface area contributed by atoms with Crippen LogP contribution in [-0.4, -0.2) is 69.9 Å². The van der Waals surface area contributed by atoms with E-state index in [0.29, 0.717) is 43.4 Å². The molecule has 0 amide bonds. The standard InChI is InChI=1S/C23H31ClFN5O2/c1-22(31)7-4-11-30(13-22)20-15-12-26-19(24)17(25)18(15)27-21(28-20)32-14-23-8-3-6-16(23)29(2)10-5-9-23/h12,16,31H,3-11,13-14H2,1-2H3/t16-,22?,23-/m1/s1. The number of ether oxygens (including phenoxy) is 1. The zero-order valence-corrected chi connectivity index (χ0v) is 19.5. The number of halogens is 2. The van der Waals surface area contributed by atoms with Gasteiger partial charge in [0.2, 0.25) is 0 Å². The molecule has 1 N–H and O–H groups in total. The quantitative estimate of drug-likeness (QED) is 0.691. The first-order chi connectivity index (χ1) is 15.3. The summed E-state index contributed by atoms with van der Waals surface area (Å²) in [5, 5.41) is 10.9. The van der Waals surface area contributed by atoms with Crippen LogP contribution < -0.4 is 9.64 Å². The predicted octanol–water partition coefficient (Wildman–Crippen LogP) is 3.81. The van der Waals surface area contributed by atoms with Crippen molar-refractivity contribution in [3.05, 3.63) is 17.2 Å². The Morgan fingerprint density at radius 1 is 1.22 bits per heavy atom. The fourth-order valence-corrected chi connectivity index (χ4v) is 6.23. The molecule has 3 atom stereocenters. The number of nitrogens with zero attached hydrogens (tertiary/aromatic N) is 5. The second-order valence-electron chi connectivity index (χ2n) is 10.1. The molecule has 1 unspecified atom stereocenters. The fraction of sp³-hybridized carbons (Fsp3) is 0.696. The number of hydrogen-bond acceptors (Lipinski definition) is 7. The molecule has 32 heavy (non-hydrogen) atoms. The molecular formula is C23H31ClFN5O2. The van der Waals surface area contributed by atoms with Crippen molar-refractivity contribution in [3.8, 4) is 6.01 Å². The molecule has 0 radical (unpaired) electrons. The summed E-state index contributed by atoms with van der Waals surface area (Å²) in [6, 6.07) is 0.663. The predicted molar refractivity (Wildman–Crippen MR) is 122 cm³/mol. The molecule has 2 aliphatic heterocycles. The van der Waals surface area contributed by atoms with E-state index in [1.807, 2.05) is 11.8 Å².